The van der Waals surface area contributed by atoms with E-state index in [4.69, 9.17) is 0 Å². The summed E-state index contributed by atoms with van der Waals surface area (Å²) < 4.78 is 24.0. The van der Waals surface area contributed by atoms with Crippen LogP contribution in [0.5, 0.6) is 0 Å². The molecule has 0 N–H and O–H groups in total. The Morgan fingerprint density at radius 1 is 1.19 bits per heavy atom. The van der Waals surface area contributed by atoms with Crippen LogP contribution in [0.25, 0.3) is 0 Å². The smallest absolute Gasteiger partial charge is 0.222 e. The number of nitrogens with zero attached hydrogens (tertiary/aromatic N) is 2. The Hall–Kier alpha value is -0.620. The first-order valence-corrected chi connectivity index (χ1v) is 9.85. The number of sulfone groups is 1. The fraction of sp³-hybridized carbons (Fsp3) is 0.933. The molecule has 2 aliphatic rings. The van der Waals surface area contributed by atoms with E-state index < -0.39 is 9.84 Å². The summed E-state index contributed by atoms with van der Waals surface area (Å²) in [6.45, 7) is 6.69. The van der Waals surface area contributed by atoms with Gasteiger partial charge in [0.25, 0.3) is 0 Å². The number of hydrogen-bond acceptors (Lipinski definition) is 4. The van der Waals surface area contributed by atoms with Crippen molar-refractivity contribution >= 4 is 15.7 Å². The zero-order chi connectivity index (χ0) is 15.5. The van der Waals surface area contributed by atoms with Crippen molar-refractivity contribution in [2.24, 2.45) is 0 Å². The van der Waals surface area contributed by atoms with Crippen LogP contribution in [0.4, 0.5) is 0 Å². The molecule has 1 atom stereocenters. The van der Waals surface area contributed by atoms with Gasteiger partial charge in [-0.25, -0.2) is 8.42 Å². The summed E-state index contributed by atoms with van der Waals surface area (Å²) in [4.78, 5) is 16.0. The van der Waals surface area contributed by atoms with Gasteiger partial charge in [0.1, 0.15) is 0 Å². The molecule has 2 aliphatic heterocycles. The summed E-state index contributed by atoms with van der Waals surface area (Å²) in [6.07, 6.45) is 5.03. The van der Waals surface area contributed by atoms with E-state index in [0.29, 0.717) is 19.0 Å². The van der Waals surface area contributed by atoms with Gasteiger partial charge < -0.3 is 4.90 Å². The molecular formula is C15H28N2O3S. The van der Waals surface area contributed by atoms with Gasteiger partial charge in [-0.2, -0.15) is 0 Å². The molecule has 2 saturated heterocycles. The molecule has 122 valence electrons. The van der Waals surface area contributed by atoms with Crippen LogP contribution in [-0.4, -0.2) is 67.3 Å². The van der Waals surface area contributed by atoms with Crippen molar-refractivity contribution in [3.8, 4) is 0 Å². The van der Waals surface area contributed by atoms with Crippen LogP contribution in [0.1, 0.15) is 46.0 Å². The average molecular weight is 316 g/mol. The lowest BCUT2D eigenvalue weighted by Gasteiger charge is -2.37. The monoisotopic (exact) mass is 316 g/mol. The van der Waals surface area contributed by atoms with Gasteiger partial charge in [0.2, 0.25) is 5.91 Å². The Bertz CT molecular complexity index is 462. The Morgan fingerprint density at radius 2 is 1.95 bits per heavy atom. The zero-order valence-electron chi connectivity index (χ0n) is 13.3. The van der Waals surface area contributed by atoms with Gasteiger partial charge in [0.05, 0.1) is 11.0 Å². The predicted molar refractivity (Wildman–Crippen MR) is 83.9 cm³/mol. The van der Waals surface area contributed by atoms with Gasteiger partial charge in [0, 0.05) is 32.1 Å². The molecular weight excluding hydrogens is 288 g/mol. The number of rotatable bonds is 6. The maximum absolute atomic E-state index is 12.0. The summed E-state index contributed by atoms with van der Waals surface area (Å²) in [5, 5.41) is -0.305. The number of piperidine rings is 1. The van der Waals surface area contributed by atoms with Gasteiger partial charge in [-0.3, -0.25) is 9.69 Å². The fourth-order valence-electron chi connectivity index (χ4n) is 3.19. The highest BCUT2D eigenvalue weighted by Crippen LogP contribution is 2.20. The highest BCUT2D eigenvalue weighted by atomic mass is 32.2. The standard InChI is InChI=1S/C15H28N2O3S/c1-13(2)21(19,20)11-10-16-8-4-3-6-14(16)12-17-9-5-7-15(17)18/h13-14H,3-12H2,1-2H3/t14-/m0/s1. The van der Waals surface area contributed by atoms with Gasteiger partial charge in [-0.15, -0.1) is 0 Å². The van der Waals surface area contributed by atoms with E-state index >= 15 is 0 Å². The number of carbonyl (C=O) groups excluding carboxylic acids is 1. The van der Waals surface area contributed by atoms with E-state index in [0.717, 1.165) is 38.9 Å². The topological polar surface area (TPSA) is 57.7 Å². The third-order valence-electron chi connectivity index (χ3n) is 4.73. The van der Waals surface area contributed by atoms with Crippen molar-refractivity contribution in [3.63, 3.8) is 0 Å². The second kappa shape index (κ2) is 7.09. The lowest BCUT2D eigenvalue weighted by atomic mass is 10.0. The van der Waals surface area contributed by atoms with Gasteiger partial charge >= 0.3 is 0 Å². The van der Waals surface area contributed by atoms with Crippen molar-refractivity contribution in [2.45, 2.75) is 57.2 Å². The summed E-state index contributed by atoms with van der Waals surface area (Å²) >= 11 is 0. The molecule has 6 heteroatoms. The van der Waals surface area contributed by atoms with E-state index in [1.807, 2.05) is 4.90 Å². The van der Waals surface area contributed by atoms with E-state index in [-0.39, 0.29) is 16.9 Å². The Morgan fingerprint density at radius 3 is 2.57 bits per heavy atom. The van der Waals surface area contributed by atoms with Crippen LogP contribution in [0.3, 0.4) is 0 Å². The molecule has 0 bridgehead atoms. The van der Waals surface area contributed by atoms with Crippen LogP contribution in [-0.2, 0) is 14.6 Å². The lowest BCUT2D eigenvalue weighted by Crippen LogP contribution is -2.48. The average Bonchev–Trinajstić information content (AvgIpc) is 2.83. The minimum Gasteiger partial charge on any atom is -0.341 e. The summed E-state index contributed by atoms with van der Waals surface area (Å²) in [5.74, 6) is 0.491. The molecule has 0 unspecified atom stereocenters. The molecule has 0 aromatic rings. The Kier molecular flexibility index (Phi) is 5.66. The Labute approximate surface area is 128 Å². The molecule has 2 rings (SSSR count). The third kappa shape index (κ3) is 4.42. The lowest BCUT2D eigenvalue weighted by molar-refractivity contribution is -0.128. The Balaban J connectivity index is 1.91. The first-order chi connectivity index (χ1) is 9.90. The summed E-state index contributed by atoms with van der Waals surface area (Å²) in [7, 11) is -2.98. The van der Waals surface area contributed by atoms with E-state index in [9.17, 15) is 13.2 Å². The molecule has 1 amide bonds. The second-order valence-electron chi connectivity index (χ2n) is 6.54. The third-order valence-corrected chi connectivity index (χ3v) is 6.92. The van der Waals surface area contributed by atoms with Gasteiger partial charge in [-0.05, 0) is 39.7 Å². The maximum Gasteiger partial charge on any atom is 0.222 e. The molecule has 2 fully saturated rings. The van der Waals surface area contributed by atoms with Crippen LogP contribution < -0.4 is 0 Å². The predicted octanol–water partition coefficient (Wildman–Crippen LogP) is 1.29. The molecule has 2 heterocycles. The quantitative estimate of drug-likeness (QED) is 0.741. The fourth-order valence-corrected chi connectivity index (χ4v) is 4.15. The second-order valence-corrected chi connectivity index (χ2v) is 9.22. The van der Waals surface area contributed by atoms with Crippen molar-refractivity contribution in [3.05, 3.63) is 0 Å². The number of amides is 1. The number of hydrogen-bond donors (Lipinski definition) is 0. The minimum atomic E-state index is -2.98. The van der Waals surface area contributed by atoms with Crippen LogP contribution in [0.15, 0.2) is 0 Å². The maximum atomic E-state index is 12.0. The number of likely N-dealkylation sites (tertiary alicyclic amines) is 2. The van der Waals surface area contributed by atoms with E-state index in [1.54, 1.807) is 13.8 Å². The van der Waals surface area contributed by atoms with Crippen LogP contribution in [0, 0.1) is 0 Å². The molecule has 5 nitrogen and oxygen atoms in total. The first kappa shape index (κ1) is 16.7. The summed E-state index contributed by atoms with van der Waals surface area (Å²) in [5.41, 5.74) is 0. The van der Waals surface area contributed by atoms with Crippen molar-refractivity contribution in [1.82, 2.24) is 9.80 Å². The number of carbonyl (C=O) groups is 1. The van der Waals surface area contributed by atoms with Gasteiger partial charge in [-0.1, -0.05) is 6.42 Å². The summed E-state index contributed by atoms with van der Waals surface area (Å²) in [6, 6.07) is 0.336. The SMILES string of the molecule is CC(C)S(=O)(=O)CCN1CCCC[C@H]1CN1CCCC1=O. The molecule has 0 aromatic heterocycles. The van der Waals surface area contributed by atoms with E-state index in [1.165, 1.54) is 6.42 Å². The normalized spacial score (nSPS) is 25.0. The largest absolute Gasteiger partial charge is 0.341 e. The first-order valence-electron chi connectivity index (χ1n) is 8.13. The molecule has 21 heavy (non-hydrogen) atoms. The molecule has 0 spiro atoms. The highest BCUT2D eigenvalue weighted by molar-refractivity contribution is 7.92. The van der Waals surface area contributed by atoms with E-state index in [2.05, 4.69) is 4.90 Å². The van der Waals surface area contributed by atoms with Crippen LogP contribution in [0.2, 0.25) is 0 Å². The highest BCUT2D eigenvalue weighted by Gasteiger charge is 2.29. The molecule has 0 aliphatic carbocycles. The van der Waals surface area contributed by atoms with Gasteiger partial charge in [0.15, 0.2) is 9.84 Å². The van der Waals surface area contributed by atoms with Crippen molar-refractivity contribution in [1.29, 1.82) is 0 Å². The minimum absolute atomic E-state index is 0.231. The molecule has 0 saturated carbocycles. The van der Waals surface area contributed by atoms with Crippen LogP contribution >= 0.6 is 0 Å². The van der Waals surface area contributed by atoms with Crippen molar-refractivity contribution in [2.75, 3.05) is 31.9 Å². The zero-order valence-corrected chi connectivity index (χ0v) is 14.1. The van der Waals surface area contributed by atoms with Crippen molar-refractivity contribution < 1.29 is 13.2 Å². The molecule has 0 aromatic carbocycles. The molecule has 0 radical (unpaired) electrons.